The minimum absolute atomic E-state index is 0.402. The first-order valence-electron chi connectivity index (χ1n) is 10.00. The number of carbonyl (C=O) groups is 2. The summed E-state index contributed by atoms with van der Waals surface area (Å²) in [7, 11) is 1.55. The third-order valence-corrected chi connectivity index (χ3v) is 4.61. The van der Waals surface area contributed by atoms with Gasteiger partial charge in [-0.05, 0) is 49.1 Å². The van der Waals surface area contributed by atoms with Crippen LogP contribution in [0.1, 0.15) is 19.4 Å². The largest absolute Gasteiger partial charge is 0.493 e. The maximum atomic E-state index is 12.5. The molecule has 0 unspecified atom stereocenters. The second-order valence-corrected chi connectivity index (χ2v) is 6.77. The Kier molecular flexibility index (Phi) is 7.27. The highest BCUT2D eigenvalue weighted by Gasteiger charge is 2.17. The van der Waals surface area contributed by atoms with Gasteiger partial charge in [-0.2, -0.15) is 0 Å². The summed E-state index contributed by atoms with van der Waals surface area (Å²) in [6.45, 7) is 3.95. The normalized spacial score (nSPS) is 11.8. The van der Waals surface area contributed by atoms with Gasteiger partial charge in [0, 0.05) is 17.1 Å². The summed E-state index contributed by atoms with van der Waals surface area (Å²) in [5, 5.41) is 4.76. The van der Waals surface area contributed by atoms with Crippen molar-refractivity contribution < 1.29 is 23.8 Å². The Morgan fingerprint density at radius 2 is 1.81 bits per heavy atom. The van der Waals surface area contributed by atoms with Crippen molar-refractivity contribution in [3.05, 3.63) is 72.3 Å². The zero-order valence-corrected chi connectivity index (χ0v) is 17.8. The molecular formula is C25H25NO5. The van der Waals surface area contributed by atoms with E-state index >= 15 is 0 Å². The fourth-order valence-corrected chi connectivity index (χ4v) is 3.06. The van der Waals surface area contributed by atoms with E-state index in [0.29, 0.717) is 23.8 Å². The summed E-state index contributed by atoms with van der Waals surface area (Å²) in [6.07, 6.45) is 1.91. The minimum atomic E-state index is -0.953. The van der Waals surface area contributed by atoms with Crippen molar-refractivity contribution in [2.75, 3.05) is 19.0 Å². The molecule has 3 aromatic carbocycles. The maximum Gasteiger partial charge on any atom is 0.331 e. The summed E-state index contributed by atoms with van der Waals surface area (Å²) in [5.41, 5.74) is 1.41. The Morgan fingerprint density at radius 1 is 1.03 bits per heavy atom. The summed E-state index contributed by atoms with van der Waals surface area (Å²) < 4.78 is 16.0. The van der Waals surface area contributed by atoms with Gasteiger partial charge in [-0.3, -0.25) is 4.79 Å². The molecule has 0 radical (unpaired) electrons. The number of anilines is 1. The monoisotopic (exact) mass is 419 g/mol. The molecule has 0 spiro atoms. The third-order valence-electron chi connectivity index (χ3n) is 4.61. The van der Waals surface area contributed by atoms with Crippen molar-refractivity contribution in [3.63, 3.8) is 0 Å². The topological polar surface area (TPSA) is 73.9 Å². The molecule has 0 fully saturated rings. The smallest absolute Gasteiger partial charge is 0.331 e. The SMILES string of the molecule is CCOc1ccc(/C=C/C(=O)O[C@H](C)C(=O)Nc2cccc3ccccc23)cc1OC. The molecule has 0 aliphatic carbocycles. The second-order valence-electron chi connectivity index (χ2n) is 6.77. The lowest BCUT2D eigenvalue weighted by molar-refractivity contribution is -0.148. The van der Waals surface area contributed by atoms with E-state index in [2.05, 4.69) is 5.32 Å². The van der Waals surface area contributed by atoms with Gasteiger partial charge in [-0.1, -0.05) is 42.5 Å². The number of rotatable bonds is 8. The fourth-order valence-electron chi connectivity index (χ4n) is 3.06. The fraction of sp³-hybridized carbons (Fsp3) is 0.200. The van der Waals surface area contributed by atoms with Crippen LogP contribution in [-0.2, 0) is 14.3 Å². The van der Waals surface area contributed by atoms with E-state index in [-0.39, 0.29) is 0 Å². The number of methoxy groups -OCH3 is 1. The standard InChI is InChI=1S/C25H25NO5/c1-4-30-22-14-12-18(16-23(22)29-3)13-15-24(27)31-17(2)25(28)26-21-11-7-9-19-8-5-6-10-20(19)21/h5-17H,4H2,1-3H3,(H,26,28)/b15-13+/t17-/m1/s1. The van der Waals surface area contributed by atoms with Crippen LogP contribution in [0.2, 0.25) is 0 Å². The molecule has 1 amide bonds. The van der Waals surface area contributed by atoms with Crippen LogP contribution in [0.15, 0.2) is 66.7 Å². The molecule has 3 aromatic rings. The molecule has 1 atom stereocenters. The maximum absolute atomic E-state index is 12.5. The van der Waals surface area contributed by atoms with E-state index in [0.717, 1.165) is 16.3 Å². The summed E-state index contributed by atoms with van der Waals surface area (Å²) >= 11 is 0. The van der Waals surface area contributed by atoms with E-state index in [4.69, 9.17) is 14.2 Å². The quantitative estimate of drug-likeness (QED) is 0.418. The number of ether oxygens (including phenoxy) is 3. The molecule has 3 rings (SSSR count). The summed E-state index contributed by atoms with van der Waals surface area (Å²) in [4.78, 5) is 24.7. The van der Waals surface area contributed by atoms with Gasteiger partial charge in [0.15, 0.2) is 17.6 Å². The van der Waals surface area contributed by atoms with Crippen LogP contribution in [0.3, 0.4) is 0 Å². The molecule has 0 aromatic heterocycles. The first-order chi connectivity index (χ1) is 15.0. The van der Waals surface area contributed by atoms with Crippen molar-refractivity contribution in [3.8, 4) is 11.5 Å². The number of hydrogen-bond acceptors (Lipinski definition) is 5. The number of hydrogen-bond donors (Lipinski definition) is 1. The molecule has 0 aliphatic rings. The molecule has 0 bridgehead atoms. The number of carbonyl (C=O) groups excluding carboxylic acids is 2. The first-order valence-corrected chi connectivity index (χ1v) is 10.00. The van der Waals surface area contributed by atoms with Crippen molar-refractivity contribution in [1.29, 1.82) is 0 Å². The molecule has 0 saturated carbocycles. The minimum Gasteiger partial charge on any atom is -0.493 e. The van der Waals surface area contributed by atoms with Gasteiger partial charge in [-0.15, -0.1) is 0 Å². The Hall–Kier alpha value is -3.80. The zero-order valence-electron chi connectivity index (χ0n) is 17.8. The first kappa shape index (κ1) is 21.9. The number of benzene rings is 3. The van der Waals surface area contributed by atoms with Crippen LogP contribution < -0.4 is 14.8 Å². The highest BCUT2D eigenvalue weighted by Crippen LogP contribution is 2.28. The lowest BCUT2D eigenvalue weighted by Gasteiger charge is -2.14. The number of nitrogens with one attached hydrogen (secondary N) is 1. The van der Waals surface area contributed by atoms with Crippen molar-refractivity contribution in [2.45, 2.75) is 20.0 Å². The molecule has 6 heteroatoms. The van der Waals surface area contributed by atoms with Crippen molar-refractivity contribution in [2.24, 2.45) is 0 Å². The lowest BCUT2D eigenvalue weighted by atomic mass is 10.1. The van der Waals surface area contributed by atoms with Crippen LogP contribution in [0.4, 0.5) is 5.69 Å². The Morgan fingerprint density at radius 3 is 2.58 bits per heavy atom. The van der Waals surface area contributed by atoms with E-state index < -0.39 is 18.0 Å². The Balaban J connectivity index is 1.61. The van der Waals surface area contributed by atoms with E-state index in [1.54, 1.807) is 31.4 Å². The third kappa shape index (κ3) is 5.63. The highest BCUT2D eigenvalue weighted by atomic mass is 16.5. The molecule has 0 saturated heterocycles. The van der Waals surface area contributed by atoms with E-state index in [1.807, 2.05) is 49.4 Å². The molecule has 0 aliphatic heterocycles. The van der Waals surface area contributed by atoms with Gasteiger partial charge >= 0.3 is 5.97 Å². The number of amides is 1. The van der Waals surface area contributed by atoms with Gasteiger partial charge in [-0.25, -0.2) is 4.79 Å². The van der Waals surface area contributed by atoms with Crippen LogP contribution in [0.25, 0.3) is 16.8 Å². The van der Waals surface area contributed by atoms with Crippen molar-refractivity contribution >= 4 is 34.4 Å². The number of esters is 1. The van der Waals surface area contributed by atoms with E-state index in [9.17, 15) is 9.59 Å². The van der Waals surface area contributed by atoms with Gasteiger partial charge in [0.05, 0.1) is 13.7 Å². The predicted octanol–water partition coefficient (Wildman–Crippen LogP) is 4.83. The average molecular weight is 419 g/mol. The van der Waals surface area contributed by atoms with Crippen LogP contribution in [-0.4, -0.2) is 31.7 Å². The summed E-state index contributed by atoms with van der Waals surface area (Å²) in [6, 6.07) is 18.7. The van der Waals surface area contributed by atoms with Gasteiger partial charge in [0.25, 0.3) is 5.91 Å². The summed E-state index contributed by atoms with van der Waals surface area (Å²) in [5.74, 6) is 0.179. The van der Waals surface area contributed by atoms with Gasteiger partial charge in [0.1, 0.15) is 0 Å². The Labute approximate surface area is 181 Å². The van der Waals surface area contributed by atoms with E-state index in [1.165, 1.54) is 13.0 Å². The molecule has 31 heavy (non-hydrogen) atoms. The van der Waals surface area contributed by atoms with Crippen LogP contribution in [0, 0.1) is 0 Å². The molecule has 0 heterocycles. The van der Waals surface area contributed by atoms with Crippen LogP contribution in [0.5, 0.6) is 11.5 Å². The van der Waals surface area contributed by atoms with Crippen LogP contribution >= 0.6 is 0 Å². The lowest BCUT2D eigenvalue weighted by Crippen LogP contribution is -2.29. The van der Waals surface area contributed by atoms with Crippen molar-refractivity contribution in [1.82, 2.24) is 0 Å². The average Bonchev–Trinajstić information content (AvgIpc) is 2.78. The van der Waals surface area contributed by atoms with Gasteiger partial charge < -0.3 is 19.5 Å². The molecule has 6 nitrogen and oxygen atoms in total. The Bertz CT molecular complexity index is 1100. The zero-order chi connectivity index (χ0) is 22.2. The molecule has 1 N–H and O–H groups in total. The molecule has 160 valence electrons. The predicted molar refractivity (Wildman–Crippen MR) is 121 cm³/mol. The highest BCUT2D eigenvalue weighted by molar-refractivity contribution is 6.04. The van der Waals surface area contributed by atoms with Gasteiger partial charge in [0.2, 0.25) is 0 Å². The second kappa shape index (κ2) is 10.3. The molecular weight excluding hydrogens is 394 g/mol. The number of fused-ring (bicyclic) bond motifs is 1.